The molecule has 0 radical (unpaired) electrons. The summed E-state index contributed by atoms with van der Waals surface area (Å²) in [6.45, 7) is 5.69. The van der Waals surface area contributed by atoms with Crippen molar-refractivity contribution >= 4 is 5.91 Å². The van der Waals surface area contributed by atoms with Gasteiger partial charge in [0.25, 0.3) is 0 Å². The highest BCUT2D eigenvalue weighted by Gasteiger charge is 2.36. The second-order valence-electron chi connectivity index (χ2n) is 6.53. The first-order valence-corrected chi connectivity index (χ1v) is 7.27. The Morgan fingerprint density at radius 2 is 2.11 bits per heavy atom. The molecule has 2 fully saturated rings. The number of primary amides is 1. The largest absolute Gasteiger partial charge is 0.369 e. The van der Waals surface area contributed by atoms with Crippen molar-refractivity contribution in [1.29, 1.82) is 0 Å². The fourth-order valence-electron chi connectivity index (χ4n) is 3.27. The lowest BCUT2D eigenvalue weighted by atomic mass is 9.89. The number of nitrogens with two attached hydrogens (primary N) is 1. The number of hydrogen-bond donors (Lipinski definition) is 3. The van der Waals surface area contributed by atoms with Crippen LogP contribution in [-0.2, 0) is 4.79 Å². The Hall–Kier alpha value is -0.610. The van der Waals surface area contributed by atoms with Gasteiger partial charge in [0.15, 0.2) is 0 Å². The highest BCUT2D eigenvalue weighted by Crippen LogP contribution is 2.32. The van der Waals surface area contributed by atoms with Crippen LogP contribution in [0.4, 0.5) is 0 Å². The fourth-order valence-corrected chi connectivity index (χ4v) is 3.27. The summed E-state index contributed by atoms with van der Waals surface area (Å²) >= 11 is 0. The van der Waals surface area contributed by atoms with Gasteiger partial charge in [-0.1, -0.05) is 6.42 Å². The molecule has 4 N–H and O–H groups in total. The summed E-state index contributed by atoms with van der Waals surface area (Å²) in [6, 6.07) is 1.24. The van der Waals surface area contributed by atoms with Gasteiger partial charge in [-0.05, 0) is 52.0 Å². The maximum Gasteiger partial charge on any atom is 0.224 e. The summed E-state index contributed by atoms with van der Waals surface area (Å²) in [7, 11) is 0. The van der Waals surface area contributed by atoms with E-state index in [0.29, 0.717) is 18.6 Å². The first-order chi connectivity index (χ1) is 8.50. The molecule has 1 heterocycles. The third kappa shape index (κ3) is 3.04. The van der Waals surface area contributed by atoms with Gasteiger partial charge in [0.2, 0.25) is 5.91 Å². The van der Waals surface area contributed by atoms with E-state index in [0.717, 1.165) is 5.92 Å². The van der Waals surface area contributed by atoms with Crippen LogP contribution >= 0.6 is 0 Å². The van der Waals surface area contributed by atoms with Gasteiger partial charge in [-0.25, -0.2) is 0 Å². The van der Waals surface area contributed by atoms with E-state index in [-0.39, 0.29) is 5.91 Å². The lowest BCUT2D eigenvalue weighted by molar-refractivity contribution is -0.125. The summed E-state index contributed by atoms with van der Waals surface area (Å²) in [5.74, 6) is 0.514. The SMILES string of the molecule is CC(C)(CNC1CCCC1C1CCCN1)C(N)=O. The molecule has 0 aromatic rings. The van der Waals surface area contributed by atoms with Crippen LogP contribution < -0.4 is 16.4 Å². The summed E-state index contributed by atoms with van der Waals surface area (Å²) in [5.41, 5.74) is 4.97. The van der Waals surface area contributed by atoms with Gasteiger partial charge in [-0.2, -0.15) is 0 Å². The van der Waals surface area contributed by atoms with Gasteiger partial charge < -0.3 is 16.4 Å². The zero-order chi connectivity index (χ0) is 13.2. The Kier molecular flexibility index (Phi) is 4.28. The van der Waals surface area contributed by atoms with Gasteiger partial charge in [-0.3, -0.25) is 4.79 Å². The molecule has 1 aliphatic carbocycles. The maximum absolute atomic E-state index is 11.3. The van der Waals surface area contributed by atoms with Crippen LogP contribution in [-0.4, -0.2) is 31.1 Å². The normalized spacial score (nSPS) is 32.9. The predicted molar refractivity (Wildman–Crippen MR) is 73.1 cm³/mol. The summed E-state index contributed by atoms with van der Waals surface area (Å²) < 4.78 is 0. The standard InChI is InChI=1S/C14H27N3O/c1-14(2,13(15)18)9-17-12-6-3-5-10(12)11-7-4-8-16-11/h10-12,16-17H,3-9H2,1-2H3,(H2,15,18). The third-order valence-corrected chi connectivity index (χ3v) is 4.66. The van der Waals surface area contributed by atoms with Crippen molar-refractivity contribution < 1.29 is 4.79 Å². The number of carbonyl (C=O) groups excluding carboxylic acids is 1. The Labute approximate surface area is 110 Å². The topological polar surface area (TPSA) is 67.2 Å². The number of amides is 1. The minimum absolute atomic E-state index is 0.219. The van der Waals surface area contributed by atoms with Crippen LogP contribution in [0.2, 0.25) is 0 Å². The first kappa shape index (κ1) is 13.8. The second-order valence-corrected chi connectivity index (χ2v) is 6.53. The molecule has 0 aromatic heterocycles. The monoisotopic (exact) mass is 253 g/mol. The van der Waals surface area contributed by atoms with Crippen molar-refractivity contribution in [3.63, 3.8) is 0 Å². The fraction of sp³-hybridized carbons (Fsp3) is 0.929. The quantitative estimate of drug-likeness (QED) is 0.685. The smallest absolute Gasteiger partial charge is 0.224 e. The number of nitrogens with one attached hydrogen (secondary N) is 2. The van der Waals surface area contributed by atoms with Crippen molar-refractivity contribution in [3.8, 4) is 0 Å². The average Bonchev–Trinajstić information content (AvgIpc) is 2.96. The summed E-state index contributed by atoms with van der Waals surface area (Å²) in [6.07, 6.45) is 6.46. The molecule has 2 rings (SSSR count). The number of rotatable bonds is 5. The molecular weight excluding hydrogens is 226 g/mol. The van der Waals surface area contributed by atoms with Gasteiger partial charge in [0, 0.05) is 18.6 Å². The number of carbonyl (C=O) groups is 1. The highest BCUT2D eigenvalue weighted by atomic mass is 16.1. The molecule has 1 amide bonds. The second kappa shape index (κ2) is 5.57. The zero-order valence-corrected chi connectivity index (χ0v) is 11.7. The predicted octanol–water partition coefficient (Wildman–Crippen LogP) is 1.01. The molecule has 18 heavy (non-hydrogen) atoms. The van der Waals surface area contributed by atoms with Gasteiger partial charge in [0.1, 0.15) is 0 Å². The molecule has 2 aliphatic rings. The van der Waals surface area contributed by atoms with E-state index < -0.39 is 5.41 Å². The molecule has 4 nitrogen and oxygen atoms in total. The van der Waals surface area contributed by atoms with E-state index in [4.69, 9.17) is 5.73 Å². The lowest BCUT2D eigenvalue weighted by Gasteiger charge is -2.30. The Balaban J connectivity index is 1.86. The van der Waals surface area contributed by atoms with E-state index in [9.17, 15) is 4.79 Å². The Morgan fingerprint density at radius 1 is 1.33 bits per heavy atom. The maximum atomic E-state index is 11.3. The molecule has 1 saturated carbocycles. The van der Waals surface area contributed by atoms with Crippen LogP contribution in [0.1, 0.15) is 46.0 Å². The molecule has 3 unspecified atom stereocenters. The van der Waals surface area contributed by atoms with Crippen molar-refractivity contribution in [3.05, 3.63) is 0 Å². The molecule has 1 aliphatic heterocycles. The summed E-state index contributed by atoms with van der Waals surface area (Å²) in [4.78, 5) is 11.3. The van der Waals surface area contributed by atoms with Crippen molar-refractivity contribution in [2.75, 3.05) is 13.1 Å². The van der Waals surface area contributed by atoms with E-state index in [2.05, 4.69) is 10.6 Å². The molecule has 3 atom stereocenters. The molecule has 4 heteroatoms. The summed E-state index contributed by atoms with van der Waals surface area (Å²) in [5, 5.41) is 7.21. The molecule has 104 valence electrons. The first-order valence-electron chi connectivity index (χ1n) is 7.27. The average molecular weight is 253 g/mol. The van der Waals surface area contributed by atoms with Crippen molar-refractivity contribution in [2.45, 2.75) is 58.0 Å². The third-order valence-electron chi connectivity index (χ3n) is 4.66. The molecule has 0 aromatic carbocycles. The van der Waals surface area contributed by atoms with Gasteiger partial charge in [0.05, 0.1) is 5.41 Å². The lowest BCUT2D eigenvalue weighted by Crippen LogP contribution is -2.48. The van der Waals surface area contributed by atoms with Crippen molar-refractivity contribution in [1.82, 2.24) is 10.6 Å². The number of hydrogen-bond acceptors (Lipinski definition) is 3. The Bertz CT molecular complexity index is 297. The van der Waals surface area contributed by atoms with Gasteiger partial charge in [-0.15, -0.1) is 0 Å². The van der Waals surface area contributed by atoms with E-state index in [1.807, 2.05) is 13.8 Å². The van der Waals surface area contributed by atoms with Crippen LogP contribution in [0.3, 0.4) is 0 Å². The zero-order valence-electron chi connectivity index (χ0n) is 11.7. The highest BCUT2D eigenvalue weighted by molar-refractivity contribution is 5.80. The van der Waals surface area contributed by atoms with Crippen LogP contribution in [0.15, 0.2) is 0 Å². The molecule has 0 bridgehead atoms. The Morgan fingerprint density at radius 3 is 2.72 bits per heavy atom. The minimum atomic E-state index is -0.448. The van der Waals surface area contributed by atoms with Crippen LogP contribution in [0.5, 0.6) is 0 Å². The molecule has 0 spiro atoms. The van der Waals surface area contributed by atoms with Gasteiger partial charge >= 0.3 is 0 Å². The molecule has 1 saturated heterocycles. The van der Waals surface area contributed by atoms with Crippen LogP contribution in [0, 0.1) is 11.3 Å². The van der Waals surface area contributed by atoms with Crippen LogP contribution in [0.25, 0.3) is 0 Å². The van der Waals surface area contributed by atoms with E-state index in [1.165, 1.54) is 38.6 Å². The van der Waals surface area contributed by atoms with Crippen molar-refractivity contribution in [2.24, 2.45) is 17.1 Å². The molecular formula is C14H27N3O. The van der Waals surface area contributed by atoms with E-state index >= 15 is 0 Å². The minimum Gasteiger partial charge on any atom is -0.369 e. The van der Waals surface area contributed by atoms with E-state index in [1.54, 1.807) is 0 Å².